The molecule has 0 unspecified atom stereocenters. The summed E-state index contributed by atoms with van der Waals surface area (Å²) in [4.78, 5) is 19.4. The van der Waals surface area contributed by atoms with E-state index in [2.05, 4.69) is 11.1 Å². The zero-order valence-electron chi connectivity index (χ0n) is 15.9. The number of nitrogens with zero attached hydrogens (tertiary/aromatic N) is 3. The average Bonchev–Trinajstić information content (AvgIpc) is 3.28. The van der Waals surface area contributed by atoms with E-state index in [1.165, 1.54) is 0 Å². The molecule has 4 heterocycles. The van der Waals surface area contributed by atoms with E-state index in [1.807, 2.05) is 70.9 Å². The van der Waals surface area contributed by atoms with Gasteiger partial charge in [-0.25, -0.2) is 0 Å². The van der Waals surface area contributed by atoms with Crippen LogP contribution in [0.25, 0.3) is 10.9 Å². The first-order valence-electron chi connectivity index (χ1n) is 9.62. The van der Waals surface area contributed by atoms with Gasteiger partial charge in [0.1, 0.15) is 0 Å². The number of para-hydroxylation sites is 1. The van der Waals surface area contributed by atoms with Gasteiger partial charge in [0.25, 0.3) is 5.91 Å². The standard InChI is InChI=1S/C22H23N3O2S/c1-24-11-19(18-7-2-3-8-20(18)24)21(26)25-14-22(15-25)10-17(13-28-22)27-12-16-6-4-5-9-23-16/h2-9,11,17H,10,12-15H2,1H3/t17-/m1/s1. The molecule has 5 nitrogen and oxygen atoms in total. The molecule has 5 rings (SSSR count). The van der Waals surface area contributed by atoms with Gasteiger partial charge >= 0.3 is 0 Å². The molecule has 0 bridgehead atoms. The molecule has 1 atom stereocenters. The minimum absolute atomic E-state index is 0.140. The van der Waals surface area contributed by atoms with Crippen molar-refractivity contribution in [2.45, 2.75) is 23.9 Å². The average molecular weight is 394 g/mol. The van der Waals surface area contributed by atoms with Crippen molar-refractivity contribution < 1.29 is 9.53 Å². The Kier molecular flexibility index (Phi) is 4.40. The molecule has 0 aliphatic carbocycles. The number of ether oxygens (including phenoxy) is 1. The van der Waals surface area contributed by atoms with Gasteiger partial charge in [0.05, 0.1) is 28.7 Å². The fourth-order valence-corrected chi connectivity index (χ4v) is 5.84. The van der Waals surface area contributed by atoms with Gasteiger partial charge in [-0.2, -0.15) is 0 Å². The number of carbonyl (C=O) groups excluding carboxylic acids is 1. The van der Waals surface area contributed by atoms with Crippen LogP contribution >= 0.6 is 11.8 Å². The molecule has 2 aliphatic rings. The molecule has 1 aromatic carbocycles. The molecule has 2 fully saturated rings. The van der Waals surface area contributed by atoms with Crippen molar-refractivity contribution >= 4 is 28.6 Å². The number of benzene rings is 1. The number of aromatic nitrogens is 2. The van der Waals surface area contributed by atoms with E-state index < -0.39 is 0 Å². The Morgan fingerprint density at radius 1 is 1.25 bits per heavy atom. The number of pyridine rings is 1. The highest BCUT2D eigenvalue weighted by Crippen LogP contribution is 2.46. The number of likely N-dealkylation sites (tertiary alicyclic amines) is 1. The molecule has 28 heavy (non-hydrogen) atoms. The molecule has 3 aromatic rings. The second-order valence-electron chi connectivity index (χ2n) is 7.78. The van der Waals surface area contributed by atoms with Gasteiger partial charge in [-0.1, -0.05) is 24.3 Å². The third-order valence-electron chi connectivity index (χ3n) is 5.74. The zero-order valence-corrected chi connectivity index (χ0v) is 16.7. The van der Waals surface area contributed by atoms with E-state index in [0.717, 1.165) is 47.4 Å². The summed E-state index contributed by atoms with van der Waals surface area (Å²) in [6.07, 6.45) is 5.00. The highest BCUT2D eigenvalue weighted by molar-refractivity contribution is 8.01. The van der Waals surface area contributed by atoms with Gasteiger partial charge in [0.15, 0.2) is 0 Å². The van der Waals surface area contributed by atoms with Crippen LogP contribution in [0, 0.1) is 0 Å². The summed E-state index contributed by atoms with van der Waals surface area (Å²) in [7, 11) is 1.99. The summed E-state index contributed by atoms with van der Waals surface area (Å²) in [5, 5.41) is 1.03. The van der Waals surface area contributed by atoms with Crippen molar-refractivity contribution in [3.8, 4) is 0 Å². The van der Waals surface area contributed by atoms with Gasteiger partial charge < -0.3 is 14.2 Å². The highest BCUT2D eigenvalue weighted by atomic mass is 32.2. The van der Waals surface area contributed by atoms with E-state index in [4.69, 9.17) is 4.74 Å². The predicted octanol–water partition coefficient (Wildman–Crippen LogP) is 3.49. The molecule has 0 saturated carbocycles. The van der Waals surface area contributed by atoms with Gasteiger partial charge in [-0.05, 0) is 24.6 Å². The monoisotopic (exact) mass is 393 g/mol. The molecule has 2 saturated heterocycles. The highest BCUT2D eigenvalue weighted by Gasteiger charge is 2.51. The van der Waals surface area contributed by atoms with Crippen LogP contribution in [-0.4, -0.2) is 50.1 Å². The van der Waals surface area contributed by atoms with Crippen molar-refractivity contribution in [3.05, 3.63) is 66.1 Å². The summed E-state index contributed by atoms with van der Waals surface area (Å²) in [5.74, 6) is 1.13. The molecular formula is C22H23N3O2S. The van der Waals surface area contributed by atoms with Crippen LogP contribution in [0.3, 0.4) is 0 Å². The minimum Gasteiger partial charge on any atom is -0.371 e. The van der Waals surface area contributed by atoms with E-state index in [-0.39, 0.29) is 16.8 Å². The molecule has 0 N–H and O–H groups in total. The summed E-state index contributed by atoms with van der Waals surface area (Å²) in [6, 6.07) is 14.0. The van der Waals surface area contributed by atoms with Gasteiger partial charge in [-0.15, -0.1) is 11.8 Å². The number of amides is 1. The minimum atomic E-state index is 0.140. The molecule has 144 valence electrons. The second kappa shape index (κ2) is 6.94. The summed E-state index contributed by atoms with van der Waals surface area (Å²) in [5.41, 5.74) is 2.87. The maximum atomic E-state index is 13.1. The first-order chi connectivity index (χ1) is 13.6. The lowest BCUT2D eigenvalue weighted by Crippen LogP contribution is -2.60. The zero-order chi connectivity index (χ0) is 19.1. The third-order valence-corrected chi connectivity index (χ3v) is 7.32. The number of carbonyl (C=O) groups is 1. The number of hydrogen-bond acceptors (Lipinski definition) is 4. The van der Waals surface area contributed by atoms with Crippen molar-refractivity contribution in [1.29, 1.82) is 0 Å². The van der Waals surface area contributed by atoms with Crippen molar-refractivity contribution in [2.75, 3.05) is 18.8 Å². The number of rotatable bonds is 4. The summed E-state index contributed by atoms with van der Waals surface area (Å²) in [6.45, 7) is 2.17. The number of hydrogen-bond donors (Lipinski definition) is 0. The van der Waals surface area contributed by atoms with Crippen LogP contribution in [0.2, 0.25) is 0 Å². The van der Waals surface area contributed by atoms with E-state index in [1.54, 1.807) is 6.20 Å². The molecule has 6 heteroatoms. The lowest BCUT2D eigenvalue weighted by Gasteiger charge is -2.47. The number of thioether (sulfide) groups is 1. The SMILES string of the molecule is Cn1cc(C(=O)N2CC3(C[C@@H](OCc4ccccn4)CS3)C2)c2ccccc21. The fourth-order valence-electron chi connectivity index (χ4n) is 4.29. The number of fused-ring (bicyclic) bond motifs is 1. The molecule has 0 radical (unpaired) electrons. The summed E-state index contributed by atoms with van der Waals surface area (Å²) < 4.78 is 8.26. The maximum absolute atomic E-state index is 13.1. The van der Waals surface area contributed by atoms with Gasteiger partial charge in [0.2, 0.25) is 0 Å². The van der Waals surface area contributed by atoms with Crippen LogP contribution in [0.5, 0.6) is 0 Å². The van der Waals surface area contributed by atoms with E-state index in [0.29, 0.717) is 6.61 Å². The molecular weight excluding hydrogens is 370 g/mol. The van der Waals surface area contributed by atoms with Crippen molar-refractivity contribution in [1.82, 2.24) is 14.5 Å². The number of aryl methyl sites for hydroxylation is 1. The van der Waals surface area contributed by atoms with Crippen LogP contribution in [-0.2, 0) is 18.4 Å². The Bertz CT molecular complexity index is 1010. The Morgan fingerprint density at radius 3 is 2.89 bits per heavy atom. The molecule has 2 aliphatic heterocycles. The lowest BCUT2D eigenvalue weighted by molar-refractivity contribution is 0.0246. The predicted molar refractivity (Wildman–Crippen MR) is 111 cm³/mol. The van der Waals surface area contributed by atoms with Gasteiger partial charge in [0, 0.05) is 49.2 Å². The Hall–Kier alpha value is -2.31. The van der Waals surface area contributed by atoms with E-state index >= 15 is 0 Å². The van der Waals surface area contributed by atoms with Crippen LogP contribution < -0.4 is 0 Å². The smallest absolute Gasteiger partial charge is 0.256 e. The van der Waals surface area contributed by atoms with Crippen LogP contribution in [0.4, 0.5) is 0 Å². The first-order valence-corrected chi connectivity index (χ1v) is 10.6. The van der Waals surface area contributed by atoms with Crippen LogP contribution in [0.15, 0.2) is 54.9 Å². The normalized spacial score (nSPS) is 20.6. The quantitative estimate of drug-likeness (QED) is 0.681. The van der Waals surface area contributed by atoms with Crippen molar-refractivity contribution in [2.24, 2.45) is 7.05 Å². The molecule has 2 aromatic heterocycles. The topological polar surface area (TPSA) is 47.4 Å². The van der Waals surface area contributed by atoms with E-state index in [9.17, 15) is 4.79 Å². The fraction of sp³-hybridized carbons (Fsp3) is 0.364. The van der Waals surface area contributed by atoms with Crippen LogP contribution in [0.1, 0.15) is 22.5 Å². The third kappa shape index (κ3) is 3.10. The lowest BCUT2D eigenvalue weighted by atomic mass is 9.92. The largest absolute Gasteiger partial charge is 0.371 e. The summed E-state index contributed by atoms with van der Waals surface area (Å²) >= 11 is 1.96. The van der Waals surface area contributed by atoms with Gasteiger partial charge in [-0.3, -0.25) is 9.78 Å². The first kappa shape index (κ1) is 17.8. The maximum Gasteiger partial charge on any atom is 0.256 e. The molecule has 1 spiro atoms. The second-order valence-corrected chi connectivity index (χ2v) is 9.27. The Labute approximate surface area is 168 Å². The van der Waals surface area contributed by atoms with Crippen molar-refractivity contribution in [3.63, 3.8) is 0 Å². The molecule has 1 amide bonds. The Balaban J connectivity index is 1.21. The Morgan fingerprint density at radius 2 is 2.07 bits per heavy atom.